The van der Waals surface area contributed by atoms with E-state index in [0.29, 0.717) is 17.1 Å². The molecule has 1 N–H and O–H groups in total. The van der Waals surface area contributed by atoms with Crippen molar-refractivity contribution in [3.63, 3.8) is 0 Å². The summed E-state index contributed by atoms with van der Waals surface area (Å²) in [4.78, 5) is 13.3. The van der Waals surface area contributed by atoms with Crippen molar-refractivity contribution in [2.24, 2.45) is 0 Å². The van der Waals surface area contributed by atoms with Gasteiger partial charge in [0, 0.05) is 11.6 Å². The Morgan fingerprint density at radius 2 is 2.06 bits per heavy atom. The summed E-state index contributed by atoms with van der Waals surface area (Å²) < 4.78 is 0. The molecule has 0 amide bonds. The smallest absolute Gasteiger partial charge is 0.336 e. The number of likely N-dealkylation sites (tertiary alicyclic amines) is 1. The maximum Gasteiger partial charge on any atom is 0.336 e. The van der Waals surface area contributed by atoms with Crippen LogP contribution >= 0.6 is 11.6 Å². The van der Waals surface area contributed by atoms with Gasteiger partial charge in [-0.15, -0.1) is 0 Å². The molecule has 0 radical (unpaired) electrons. The molecule has 1 aliphatic rings. The van der Waals surface area contributed by atoms with Crippen LogP contribution in [0.3, 0.4) is 0 Å². The number of carbonyl (C=O) groups is 1. The van der Waals surface area contributed by atoms with E-state index in [1.54, 1.807) is 6.07 Å². The molecule has 86 valence electrons. The van der Waals surface area contributed by atoms with E-state index < -0.39 is 5.97 Å². The van der Waals surface area contributed by atoms with E-state index in [-0.39, 0.29) is 0 Å². The zero-order valence-corrected chi connectivity index (χ0v) is 9.70. The Kier molecular flexibility index (Phi) is 3.46. The number of carboxylic acids is 1. The summed E-state index contributed by atoms with van der Waals surface area (Å²) in [7, 11) is 0. The number of rotatable bonds is 3. The molecule has 3 nitrogen and oxygen atoms in total. The van der Waals surface area contributed by atoms with Crippen molar-refractivity contribution in [3.05, 3.63) is 34.3 Å². The Morgan fingerprint density at radius 3 is 2.69 bits per heavy atom. The molecule has 0 bridgehead atoms. The number of benzene rings is 1. The van der Waals surface area contributed by atoms with Crippen molar-refractivity contribution in [2.75, 3.05) is 13.1 Å². The fraction of sp³-hybridized carbons (Fsp3) is 0.417. The van der Waals surface area contributed by atoms with Crippen LogP contribution < -0.4 is 0 Å². The molecule has 1 fully saturated rings. The van der Waals surface area contributed by atoms with Crippen molar-refractivity contribution in [2.45, 2.75) is 19.4 Å². The predicted octanol–water partition coefficient (Wildman–Crippen LogP) is 2.63. The van der Waals surface area contributed by atoms with Crippen LogP contribution in [0, 0.1) is 0 Å². The fourth-order valence-electron chi connectivity index (χ4n) is 2.07. The molecule has 1 aromatic carbocycles. The minimum Gasteiger partial charge on any atom is -0.478 e. The molecular formula is C12H14ClNO2. The molecule has 0 aromatic heterocycles. The first kappa shape index (κ1) is 11.4. The summed E-state index contributed by atoms with van der Waals surface area (Å²) in [6, 6.07) is 5.08. The molecule has 0 atom stereocenters. The van der Waals surface area contributed by atoms with Gasteiger partial charge in [0.2, 0.25) is 0 Å². The normalized spacial score (nSPS) is 16.6. The Balaban J connectivity index is 2.21. The molecule has 2 rings (SSSR count). The lowest BCUT2D eigenvalue weighted by atomic mass is 10.1. The Labute approximate surface area is 99.6 Å². The molecular weight excluding hydrogens is 226 g/mol. The van der Waals surface area contributed by atoms with Crippen LogP contribution in [-0.4, -0.2) is 29.1 Å². The Morgan fingerprint density at radius 1 is 1.38 bits per heavy atom. The van der Waals surface area contributed by atoms with E-state index in [4.69, 9.17) is 16.7 Å². The van der Waals surface area contributed by atoms with Gasteiger partial charge in [0.15, 0.2) is 0 Å². The average Bonchev–Trinajstić information content (AvgIpc) is 2.73. The summed E-state index contributed by atoms with van der Waals surface area (Å²) in [6.07, 6.45) is 2.41. The summed E-state index contributed by atoms with van der Waals surface area (Å²) in [5.74, 6) is -0.906. The number of hydrogen-bond acceptors (Lipinski definition) is 2. The summed E-state index contributed by atoms with van der Waals surface area (Å²) in [6.45, 7) is 2.82. The van der Waals surface area contributed by atoms with Gasteiger partial charge in [-0.2, -0.15) is 0 Å². The number of nitrogens with zero attached hydrogens (tertiary/aromatic N) is 1. The summed E-state index contributed by atoms with van der Waals surface area (Å²) in [5.41, 5.74) is 1.17. The standard InChI is InChI=1S/C12H14ClNO2/c13-10-4-3-9(11(7-10)12(15)16)8-14-5-1-2-6-14/h3-4,7H,1-2,5-6,8H2,(H,15,16). The van der Waals surface area contributed by atoms with Crippen LogP contribution in [0.4, 0.5) is 0 Å². The van der Waals surface area contributed by atoms with Gasteiger partial charge in [-0.3, -0.25) is 4.90 Å². The van der Waals surface area contributed by atoms with Crippen LogP contribution in [0.5, 0.6) is 0 Å². The minimum atomic E-state index is -0.906. The van der Waals surface area contributed by atoms with Crippen LogP contribution in [0.2, 0.25) is 5.02 Å². The first-order chi connectivity index (χ1) is 7.66. The van der Waals surface area contributed by atoms with Crippen molar-refractivity contribution >= 4 is 17.6 Å². The second kappa shape index (κ2) is 4.85. The third-order valence-electron chi connectivity index (χ3n) is 2.89. The van der Waals surface area contributed by atoms with E-state index >= 15 is 0 Å². The van der Waals surface area contributed by atoms with E-state index in [9.17, 15) is 4.79 Å². The van der Waals surface area contributed by atoms with E-state index in [2.05, 4.69) is 4.90 Å². The molecule has 1 saturated heterocycles. The minimum absolute atomic E-state index is 0.319. The van der Waals surface area contributed by atoms with Crippen molar-refractivity contribution < 1.29 is 9.90 Å². The molecule has 1 aromatic rings. The number of aromatic carboxylic acids is 1. The molecule has 16 heavy (non-hydrogen) atoms. The SMILES string of the molecule is O=C(O)c1cc(Cl)ccc1CN1CCCC1. The predicted molar refractivity (Wildman–Crippen MR) is 62.9 cm³/mol. The van der Waals surface area contributed by atoms with Gasteiger partial charge in [-0.25, -0.2) is 4.79 Å². The average molecular weight is 240 g/mol. The van der Waals surface area contributed by atoms with E-state index in [0.717, 1.165) is 18.7 Å². The highest BCUT2D eigenvalue weighted by atomic mass is 35.5. The van der Waals surface area contributed by atoms with Gasteiger partial charge in [-0.1, -0.05) is 17.7 Å². The van der Waals surface area contributed by atoms with Crippen LogP contribution in [0.25, 0.3) is 0 Å². The summed E-state index contributed by atoms with van der Waals surface area (Å²) >= 11 is 5.80. The molecule has 0 aliphatic carbocycles. The lowest BCUT2D eigenvalue weighted by molar-refractivity contribution is 0.0694. The van der Waals surface area contributed by atoms with Gasteiger partial charge in [0.05, 0.1) is 5.56 Å². The first-order valence-corrected chi connectivity index (χ1v) is 5.78. The first-order valence-electron chi connectivity index (χ1n) is 5.41. The monoisotopic (exact) mass is 239 g/mol. The van der Waals surface area contributed by atoms with Gasteiger partial charge in [0.1, 0.15) is 0 Å². The van der Waals surface area contributed by atoms with Crippen LogP contribution in [0.15, 0.2) is 18.2 Å². The summed E-state index contributed by atoms with van der Waals surface area (Å²) in [5, 5.41) is 9.56. The van der Waals surface area contributed by atoms with Gasteiger partial charge >= 0.3 is 5.97 Å². The fourth-order valence-corrected chi connectivity index (χ4v) is 2.24. The number of hydrogen-bond donors (Lipinski definition) is 1. The second-order valence-electron chi connectivity index (χ2n) is 4.09. The molecule has 0 spiro atoms. The molecule has 4 heteroatoms. The molecule has 1 aliphatic heterocycles. The number of halogens is 1. The zero-order valence-electron chi connectivity index (χ0n) is 8.95. The quantitative estimate of drug-likeness (QED) is 0.882. The largest absolute Gasteiger partial charge is 0.478 e. The highest BCUT2D eigenvalue weighted by Gasteiger charge is 2.16. The van der Waals surface area contributed by atoms with Gasteiger partial charge < -0.3 is 5.11 Å². The van der Waals surface area contributed by atoms with Gasteiger partial charge in [0.25, 0.3) is 0 Å². The maximum absolute atomic E-state index is 11.1. The topological polar surface area (TPSA) is 40.5 Å². The highest BCUT2D eigenvalue weighted by Crippen LogP contribution is 2.19. The molecule has 1 heterocycles. The maximum atomic E-state index is 11.1. The zero-order chi connectivity index (χ0) is 11.5. The lowest BCUT2D eigenvalue weighted by Crippen LogP contribution is -2.20. The van der Waals surface area contributed by atoms with Crippen LogP contribution in [0.1, 0.15) is 28.8 Å². The Hall–Kier alpha value is -1.06. The molecule has 0 saturated carbocycles. The third kappa shape index (κ3) is 2.54. The van der Waals surface area contributed by atoms with Crippen molar-refractivity contribution in [1.29, 1.82) is 0 Å². The van der Waals surface area contributed by atoms with Crippen LogP contribution in [-0.2, 0) is 6.54 Å². The van der Waals surface area contributed by atoms with Gasteiger partial charge in [-0.05, 0) is 43.6 Å². The lowest BCUT2D eigenvalue weighted by Gasteiger charge is -2.16. The van der Waals surface area contributed by atoms with Crippen molar-refractivity contribution in [1.82, 2.24) is 4.90 Å². The Bertz CT molecular complexity index is 400. The second-order valence-corrected chi connectivity index (χ2v) is 4.53. The third-order valence-corrected chi connectivity index (χ3v) is 3.13. The van der Waals surface area contributed by atoms with E-state index in [1.807, 2.05) is 6.07 Å². The van der Waals surface area contributed by atoms with Crippen molar-refractivity contribution in [3.8, 4) is 0 Å². The highest BCUT2D eigenvalue weighted by molar-refractivity contribution is 6.30. The number of carboxylic acid groups (broad SMARTS) is 1. The molecule has 0 unspecified atom stereocenters. The van der Waals surface area contributed by atoms with E-state index in [1.165, 1.54) is 18.9 Å².